The number of hydrogen-bond acceptors (Lipinski definition) is 3. The van der Waals surface area contributed by atoms with E-state index in [9.17, 15) is 4.79 Å². The van der Waals surface area contributed by atoms with Crippen molar-refractivity contribution in [3.05, 3.63) is 60.8 Å². The van der Waals surface area contributed by atoms with E-state index in [1.54, 1.807) is 4.90 Å². The van der Waals surface area contributed by atoms with Crippen LogP contribution in [-0.4, -0.2) is 35.5 Å². The highest BCUT2D eigenvalue weighted by molar-refractivity contribution is 5.83. The van der Waals surface area contributed by atoms with Crippen molar-refractivity contribution >= 4 is 17.3 Å². The molecule has 1 fully saturated rings. The summed E-state index contributed by atoms with van der Waals surface area (Å²) in [5.41, 5.74) is 3.20. The molecule has 1 amide bonds. The normalized spacial score (nSPS) is 14.5. The molecule has 4 rings (SSSR count). The van der Waals surface area contributed by atoms with Gasteiger partial charge < -0.3 is 9.64 Å². The zero-order valence-corrected chi connectivity index (χ0v) is 12.6. The van der Waals surface area contributed by atoms with Crippen LogP contribution in [-0.2, 0) is 4.79 Å². The zero-order valence-electron chi connectivity index (χ0n) is 12.6. The lowest BCUT2D eigenvalue weighted by Crippen LogP contribution is -2.52. The molecule has 0 aliphatic carbocycles. The molecule has 1 aromatic heterocycles. The summed E-state index contributed by atoms with van der Waals surface area (Å²) >= 11 is 0. The summed E-state index contributed by atoms with van der Waals surface area (Å²) in [5, 5.41) is 1.13. The van der Waals surface area contributed by atoms with Crippen LogP contribution in [0.25, 0.3) is 22.0 Å². The van der Waals surface area contributed by atoms with Crippen LogP contribution in [0, 0.1) is 0 Å². The molecule has 0 radical (unpaired) electrons. The number of aromatic nitrogens is 1. The first-order valence-corrected chi connectivity index (χ1v) is 7.63. The van der Waals surface area contributed by atoms with Crippen LogP contribution < -0.4 is 4.74 Å². The van der Waals surface area contributed by atoms with Crippen LogP contribution >= 0.6 is 0 Å². The van der Waals surface area contributed by atoms with Gasteiger partial charge in [0.15, 0.2) is 0 Å². The van der Waals surface area contributed by atoms with E-state index < -0.39 is 0 Å². The number of nitrogens with zero attached hydrogens (tertiary/aromatic N) is 2. The molecule has 0 N–H and O–H groups in total. The molecule has 0 spiro atoms. The van der Waals surface area contributed by atoms with Gasteiger partial charge in [-0.05, 0) is 29.8 Å². The maximum Gasteiger partial charge on any atom is 0.209 e. The van der Waals surface area contributed by atoms with Crippen LogP contribution in [0.2, 0.25) is 0 Å². The Kier molecular flexibility index (Phi) is 3.42. The summed E-state index contributed by atoms with van der Waals surface area (Å²) in [7, 11) is 0. The summed E-state index contributed by atoms with van der Waals surface area (Å²) in [4.78, 5) is 16.7. The number of fused-ring (bicyclic) bond motifs is 1. The number of hydrogen-bond donors (Lipinski definition) is 0. The fourth-order valence-corrected chi connectivity index (χ4v) is 2.78. The summed E-state index contributed by atoms with van der Waals surface area (Å²) in [5.74, 6) is 0.832. The Morgan fingerprint density at radius 1 is 1.04 bits per heavy atom. The summed E-state index contributed by atoms with van der Waals surface area (Å²) in [6.45, 7) is 1.33. The number of pyridine rings is 1. The van der Waals surface area contributed by atoms with E-state index in [1.807, 2.05) is 48.7 Å². The average Bonchev–Trinajstić information content (AvgIpc) is 2.58. The first-order valence-electron chi connectivity index (χ1n) is 7.63. The molecule has 1 aliphatic heterocycles. The van der Waals surface area contributed by atoms with Crippen molar-refractivity contribution in [1.82, 2.24) is 9.88 Å². The van der Waals surface area contributed by atoms with Gasteiger partial charge >= 0.3 is 0 Å². The van der Waals surface area contributed by atoms with Crippen molar-refractivity contribution in [2.75, 3.05) is 13.1 Å². The molecule has 4 heteroatoms. The van der Waals surface area contributed by atoms with Crippen molar-refractivity contribution < 1.29 is 9.53 Å². The van der Waals surface area contributed by atoms with Gasteiger partial charge in [-0.2, -0.15) is 0 Å². The monoisotopic (exact) mass is 304 g/mol. The number of carbonyl (C=O) groups excluding carboxylic acids is 1. The van der Waals surface area contributed by atoms with Crippen molar-refractivity contribution in [2.24, 2.45) is 0 Å². The van der Waals surface area contributed by atoms with E-state index in [1.165, 1.54) is 0 Å². The van der Waals surface area contributed by atoms with Crippen LogP contribution in [0.5, 0.6) is 5.75 Å². The number of ether oxygens (including phenoxy) is 1. The van der Waals surface area contributed by atoms with E-state index >= 15 is 0 Å². The van der Waals surface area contributed by atoms with E-state index in [0.29, 0.717) is 13.1 Å². The molecule has 23 heavy (non-hydrogen) atoms. The van der Waals surface area contributed by atoms with E-state index in [2.05, 4.69) is 17.1 Å². The fourth-order valence-electron chi connectivity index (χ4n) is 2.78. The highest BCUT2D eigenvalue weighted by Crippen LogP contribution is 2.25. The number of benzene rings is 2. The lowest BCUT2D eigenvalue weighted by Gasteiger charge is -2.36. The van der Waals surface area contributed by atoms with Gasteiger partial charge in [0.1, 0.15) is 11.9 Å². The van der Waals surface area contributed by atoms with E-state index in [-0.39, 0.29) is 6.10 Å². The van der Waals surface area contributed by atoms with Gasteiger partial charge in [0.2, 0.25) is 6.41 Å². The van der Waals surface area contributed by atoms with Gasteiger partial charge in [-0.25, -0.2) is 0 Å². The maximum absolute atomic E-state index is 10.5. The van der Waals surface area contributed by atoms with Gasteiger partial charge in [-0.1, -0.05) is 30.3 Å². The second-order valence-corrected chi connectivity index (χ2v) is 5.74. The molecule has 1 aliphatic rings. The minimum Gasteiger partial charge on any atom is -0.487 e. The third kappa shape index (κ3) is 2.75. The number of para-hydroxylation sites is 1. The third-order valence-corrected chi connectivity index (χ3v) is 4.11. The Hall–Kier alpha value is -2.88. The molecule has 114 valence electrons. The van der Waals surface area contributed by atoms with Crippen LogP contribution in [0.1, 0.15) is 0 Å². The Bertz CT molecular complexity index is 839. The highest BCUT2D eigenvalue weighted by atomic mass is 16.5. The minimum absolute atomic E-state index is 0.105. The standard InChI is InChI=1S/C19H16N2O2/c22-13-21-11-18(12-21)23-17-7-5-14(6-8-17)16-9-15-3-1-2-4-19(15)20-10-16/h1-10,13,18H,11-12H2. The summed E-state index contributed by atoms with van der Waals surface area (Å²) in [6, 6.07) is 18.2. The van der Waals surface area contributed by atoms with Gasteiger partial charge in [0, 0.05) is 17.1 Å². The van der Waals surface area contributed by atoms with Gasteiger partial charge in [-0.3, -0.25) is 9.78 Å². The number of carbonyl (C=O) groups is 1. The molecular weight excluding hydrogens is 288 g/mol. The van der Waals surface area contributed by atoms with Gasteiger partial charge in [0.05, 0.1) is 18.6 Å². The average molecular weight is 304 g/mol. The highest BCUT2D eigenvalue weighted by Gasteiger charge is 2.26. The lowest BCUT2D eigenvalue weighted by atomic mass is 10.1. The maximum atomic E-state index is 10.5. The fraction of sp³-hybridized carbons (Fsp3) is 0.158. The minimum atomic E-state index is 0.105. The molecule has 0 unspecified atom stereocenters. The second kappa shape index (κ2) is 5.72. The molecule has 0 bridgehead atoms. The van der Waals surface area contributed by atoms with Crippen LogP contribution in [0.3, 0.4) is 0 Å². The Balaban J connectivity index is 1.51. The molecule has 2 heterocycles. The molecule has 4 nitrogen and oxygen atoms in total. The predicted molar refractivity (Wildman–Crippen MR) is 89.2 cm³/mol. The van der Waals surface area contributed by atoms with Crippen molar-refractivity contribution in [3.8, 4) is 16.9 Å². The SMILES string of the molecule is O=CN1CC(Oc2ccc(-c3cnc4ccccc4c3)cc2)C1. The Morgan fingerprint density at radius 3 is 2.61 bits per heavy atom. The number of likely N-dealkylation sites (tertiary alicyclic amines) is 1. The Morgan fingerprint density at radius 2 is 1.83 bits per heavy atom. The third-order valence-electron chi connectivity index (χ3n) is 4.11. The zero-order chi connectivity index (χ0) is 15.6. The van der Waals surface area contributed by atoms with Crippen molar-refractivity contribution in [2.45, 2.75) is 6.10 Å². The smallest absolute Gasteiger partial charge is 0.209 e. The predicted octanol–water partition coefficient (Wildman–Crippen LogP) is 3.12. The lowest BCUT2D eigenvalue weighted by molar-refractivity contribution is -0.126. The first-order chi connectivity index (χ1) is 11.3. The summed E-state index contributed by atoms with van der Waals surface area (Å²) in [6.07, 6.45) is 2.86. The quantitative estimate of drug-likeness (QED) is 0.696. The molecule has 0 atom stereocenters. The molecule has 2 aromatic carbocycles. The number of amides is 1. The van der Waals surface area contributed by atoms with Crippen molar-refractivity contribution in [1.29, 1.82) is 0 Å². The van der Waals surface area contributed by atoms with Gasteiger partial charge in [0.25, 0.3) is 0 Å². The first kappa shape index (κ1) is 13.8. The van der Waals surface area contributed by atoms with E-state index in [0.717, 1.165) is 34.2 Å². The molecule has 3 aromatic rings. The topological polar surface area (TPSA) is 42.4 Å². The number of rotatable bonds is 4. The molecule has 0 saturated carbocycles. The van der Waals surface area contributed by atoms with E-state index in [4.69, 9.17) is 4.74 Å². The Labute approximate surface area is 134 Å². The van der Waals surface area contributed by atoms with Crippen LogP contribution in [0.4, 0.5) is 0 Å². The summed E-state index contributed by atoms with van der Waals surface area (Å²) < 4.78 is 5.83. The second-order valence-electron chi connectivity index (χ2n) is 5.74. The van der Waals surface area contributed by atoms with Gasteiger partial charge in [-0.15, -0.1) is 0 Å². The van der Waals surface area contributed by atoms with Crippen molar-refractivity contribution in [3.63, 3.8) is 0 Å². The molecule has 1 saturated heterocycles. The largest absolute Gasteiger partial charge is 0.487 e. The van der Waals surface area contributed by atoms with Crippen LogP contribution in [0.15, 0.2) is 60.8 Å². The molecular formula is C19H16N2O2.